The summed E-state index contributed by atoms with van der Waals surface area (Å²) in [7, 11) is 0. The smallest absolute Gasteiger partial charge is 0.160 e. The fourth-order valence-corrected chi connectivity index (χ4v) is 8.18. The first-order valence-corrected chi connectivity index (χ1v) is 18.2. The van der Waals surface area contributed by atoms with Crippen LogP contribution < -0.4 is 0 Å². The molecule has 7 aromatic carbocycles. The number of nitrogens with zero attached hydrogens (tertiary/aromatic N) is 3. The van der Waals surface area contributed by atoms with Gasteiger partial charge in [-0.25, -0.2) is 15.0 Å². The van der Waals surface area contributed by atoms with Crippen LogP contribution in [0.25, 0.3) is 89.1 Å². The fourth-order valence-electron chi connectivity index (χ4n) is 8.18. The Bertz CT molecular complexity index is 2760. The summed E-state index contributed by atoms with van der Waals surface area (Å²) in [6.07, 6.45) is 0. The molecule has 0 spiro atoms. The molecule has 0 N–H and O–H groups in total. The second kappa shape index (κ2) is 12.2. The summed E-state index contributed by atoms with van der Waals surface area (Å²) in [5.74, 6) is 0.717. The largest absolute Gasteiger partial charge is 0.247 e. The lowest BCUT2D eigenvalue weighted by molar-refractivity contribution is 0.661. The quantitative estimate of drug-likeness (QED) is 0.170. The fraction of sp³-hybridized carbons (Fsp3) is 0.0600. The van der Waals surface area contributed by atoms with E-state index in [-0.39, 0.29) is 5.41 Å². The molecule has 3 heteroatoms. The topological polar surface area (TPSA) is 38.7 Å². The molecule has 0 saturated carbocycles. The van der Waals surface area contributed by atoms with Crippen molar-refractivity contribution in [3.05, 3.63) is 187 Å². The van der Waals surface area contributed by atoms with Gasteiger partial charge in [-0.3, -0.25) is 0 Å². The molecule has 250 valence electrons. The summed E-state index contributed by atoms with van der Waals surface area (Å²) in [6.45, 7) is 4.69. The van der Waals surface area contributed by atoms with E-state index in [2.05, 4.69) is 153 Å². The Morgan fingerprint density at radius 3 is 1.64 bits per heavy atom. The molecule has 53 heavy (non-hydrogen) atoms. The van der Waals surface area contributed by atoms with Crippen molar-refractivity contribution in [1.29, 1.82) is 0 Å². The van der Waals surface area contributed by atoms with E-state index >= 15 is 0 Å². The molecule has 2 aromatic heterocycles. The average Bonchev–Trinajstić information content (AvgIpc) is 3.47. The molecule has 2 heterocycles. The Balaban J connectivity index is 1.03. The van der Waals surface area contributed by atoms with E-state index in [4.69, 9.17) is 15.0 Å². The minimum absolute atomic E-state index is 0.0658. The summed E-state index contributed by atoms with van der Waals surface area (Å²) in [5.41, 5.74) is 15.7. The van der Waals surface area contributed by atoms with Crippen LogP contribution >= 0.6 is 0 Å². The van der Waals surface area contributed by atoms with Crippen molar-refractivity contribution in [2.45, 2.75) is 19.3 Å². The number of rotatable bonds is 5. The number of benzene rings is 7. The summed E-state index contributed by atoms with van der Waals surface area (Å²) >= 11 is 0. The summed E-state index contributed by atoms with van der Waals surface area (Å²) in [4.78, 5) is 15.3. The van der Waals surface area contributed by atoms with E-state index in [9.17, 15) is 0 Å². The predicted octanol–water partition coefficient (Wildman–Crippen LogP) is 12.8. The molecule has 10 rings (SSSR count). The zero-order chi connectivity index (χ0) is 35.5. The van der Waals surface area contributed by atoms with Crippen molar-refractivity contribution < 1.29 is 0 Å². The van der Waals surface area contributed by atoms with E-state index in [1.165, 1.54) is 38.4 Å². The minimum Gasteiger partial charge on any atom is -0.247 e. The molecule has 9 aromatic rings. The zero-order valence-corrected chi connectivity index (χ0v) is 29.6. The van der Waals surface area contributed by atoms with Crippen molar-refractivity contribution in [2.24, 2.45) is 0 Å². The number of hydrogen-bond acceptors (Lipinski definition) is 3. The summed E-state index contributed by atoms with van der Waals surface area (Å²) < 4.78 is 0. The predicted molar refractivity (Wildman–Crippen MR) is 220 cm³/mol. The van der Waals surface area contributed by atoms with Gasteiger partial charge in [0, 0.05) is 43.8 Å². The third kappa shape index (κ3) is 5.16. The first-order chi connectivity index (χ1) is 26.0. The maximum atomic E-state index is 5.28. The van der Waals surface area contributed by atoms with Crippen LogP contribution in [0.4, 0.5) is 0 Å². The average molecular weight is 678 g/mol. The van der Waals surface area contributed by atoms with Crippen LogP contribution in [0.1, 0.15) is 25.0 Å². The molecular weight excluding hydrogens is 643 g/mol. The SMILES string of the molecule is CC1(C)c2ccccc2-c2c1ccc1c(-c3ccc(-c4ccc(-c5cc(-c6ccccc6)nc(-c6ccccc6)n5)cc4)cc3)nc3ccccc3c21. The number of aromatic nitrogens is 3. The van der Waals surface area contributed by atoms with Crippen LogP contribution in [0.3, 0.4) is 0 Å². The van der Waals surface area contributed by atoms with E-state index in [0.717, 1.165) is 56.0 Å². The number of hydrogen-bond donors (Lipinski definition) is 0. The highest BCUT2D eigenvalue weighted by molar-refractivity contribution is 6.19. The van der Waals surface area contributed by atoms with Crippen LogP contribution in [-0.4, -0.2) is 15.0 Å². The van der Waals surface area contributed by atoms with E-state index in [1.54, 1.807) is 0 Å². The Labute approximate surface area is 309 Å². The molecule has 0 saturated heterocycles. The first-order valence-electron chi connectivity index (χ1n) is 18.2. The van der Waals surface area contributed by atoms with Gasteiger partial charge in [-0.05, 0) is 45.5 Å². The molecule has 0 atom stereocenters. The monoisotopic (exact) mass is 677 g/mol. The molecule has 0 fully saturated rings. The summed E-state index contributed by atoms with van der Waals surface area (Å²) in [5, 5.41) is 3.67. The van der Waals surface area contributed by atoms with Gasteiger partial charge in [-0.2, -0.15) is 0 Å². The Kier molecular flexibility index (Phi) is 7.16. The van der Waals surface area contributed by atoms with Crippen molar-refractivity contribution in [3.8, 4) is 67.4 Å². The number of para-hydroxylation sites is 1. The molecule has 0 aliphatic heterocycles. The maximum Gasteiger partial charge on any atom is 0.160 e. The lowest BCUT2D eigenvalue weighted by Gasteiger charge is -2.22. The lowest BCUT2D eigenvalue weighted by atomic mass is 9.82. The van der Waals surface area contributed by atoms with Crippen molar-refractivity contribution in [1.82, 2.24) is 15.0 Å². The second-order valence-electron chi connectivity index (χ2n) is 14.4. The van der Waals surface area contributed by atoms with Crippen molar-refractivity contribution in [3.63, 3.8) is 0 Å². The third-order valence-electron chi connectivity index (χ3n) is 10.9. The Hall–Kier alpha value is -6.71. The van der Waals surface area contributed by atoms with Gasteiger partial charge in [-0.15, -0.1) is 0 Å². The third-order valence-corrected chi connectivity index (χ3v) is 10.9. The van der Waals surface area contributed by atoms with Gasteiger partial charge >= 0.3 is 0 Å². The Morgan fingerprint density at radius 2 is 0.943 bits per heavy atom. The van der Waals surface area contributed by atoms with E-state index in [1.807, 2.05) is 36.4 Å². The van der Waals surface area contributed by atoms with Crippen LogP contribution in [0.5, 0.6) is 0 Å². The van der Waals surface area contributed by atoms with Crippen molar-refractivity contribution in [2.75, 3.05) is 0 Å². The van der Waals surface area contributed by atoms with E-state index < -0.39 is 0 Å². The highest BCUT2D eigenvalue weighted by atomic mass is 14.9. The Morgan fingerprint density at radius 1 is 0.396 bits per heavy atom. The molecule has 0 bridgehead atoms. The van der Waals surface area contributed by atoms with Gasteiger partial charge in [0.15, 0.2) is 5.82 Å². The van der Waals surface area contributed by atoms with Crippen LogP contribution in [0.2, 0.25) is 0 Å². The zero-order valence-electron chi connectivity index (χ0n) is 29.6. The van der Waals surface area contributed by atoms with Crippen LogP contribution in [0.15, 0.2) is 176 Å². The van der Waals surface area contributed by atoms with Gasteiger partial charge in [0.2, 0.25) is 0 Å². The molecular formula is C50H35N3. The molecule has 1 aliphatic rings. The molecule has 0 unspecified atom stereocenters. The lowest BCUT2D eigenvalue weighted by Crippen LogP contribution is -2.14. The van der Waals surface area contributed by atoms with Crippen LogP contribution in [-0.2, 0) is 5.41 Å². The summed E-state index contributed by atoms with van der Waals surface area (Å²) in [6, 6.07) is 62.2. The molecule has 3 nitrogen and oxygen atoms in total. The normalized spacial score (nSPS) is 12.9. The highest BCUT2D eigenvalue weighted by Gasteiger charge is 2.36. The van der Waals surface area contributed by atoms with Gasteiger partial charge < -0.3 is 0 Å². The number of fused-ring (bicyclic) bond motifs is 7. The van der Waals surface area contributed by atoms with Crippen molar-refractivity contribution >= 4 is 21.7 Å². The van der Waals surface area contributed by atoms with Gasteiger partial charge in [0.05, 0.1) is 22.6 Å². The number of pyridine rings is 1. The molecule has 1 aliphatic carbocycles. The van der Waals surface area contributed by atoms with Crippen LogP contribution in [0, 0.1) is 0 Å². The van der Waals surface area contributed by atoms with Gasteiger partial charge in [-0.1, -0.05) is 178 Å². The highest BCUT2D eigenvalue weighted by Crippen LogP contribution is 2.53. The second-order valence-corrected chi connectivity index (χ2v) is 14.4. The molecule has 0 radical (unpaired) electrons. The van der Waals surface area contributed by atoms with E-state index in [0.29, 0.717) is 5.82 Å². The first kappa shape index (κ1) is 31.1. The molecule has 0 amide bonds. The maximum absolute atomic E-state index is 5.28. The van der Waals surface area contributed by atoms with Gasteiger partial charge in [0.1, 0.15) is 0 Å². The standard InChI is InChI=1S/C50H35N3/c1-50(2)41-19-11-9-17-38(41)47-42(50)30-29-40-46(47)39-18-10-12-20-43(39)51-48(40)36-27-23-33(24-28-36)32-21-25-35(26-22-32)45-31-44(34-13-5-3-6-14-34)52-49(53-45)37-15-7-4-8-16-37/h3-31H,1-2H3. The minimum atomic E-state index is -0.0658. The van der Waals surface area contributed by atoms with Gasteiger partial charge in [0.25, 0.3) is 0 Å².